The molecule has 0 bridgehead atoms. The fourth-order valence-corrected chi connectivity index (χ4v) is 5.08. The molecule has 0 spiro atoms. The maximum atomic E-state index is 6.30. The summed E-state index contributed by atoms with van der Waals surface area (Å²) >= 11 is 0. The van der Waals surface area contributed by atoms with Gasteiger partial charge in [0.1, 0.15) is 0 Å². The molecule has 1 aliphatic rings. The van der Waals surface area contributed by atoms with Crippen molar-refractivity contribution >= 4 is 11.4 Å². The molecule has 0 radical (unpaired) electrons. The predicted molar refractivity (Wildman–Crippen MR) is 127 cm³/mol. The van der Waals surface area contributed by atoms with Gasteiger partial charge in [0, 0.05) is 11.4 Å². The normalized spacial score (nSPS) is 13.7. The van der Waals surface area contributed by atoms with Crippen molar-refractivity contribution < 1.29 is 0 Å². The molecule has 0 amide bonds. The van der Waals surface area contributed by atoms with E-state index >= 15 is 0 Å². The van der Waals surface area contributed by atoms with Crippen molar-refractivity contribution in [2.24, 2.45) is 0 Å². The van der Waals surface area contributed by atoms with Gasteiger partial charge in [-0.1, -0.05) is 79.7 Å². The van der Waals surface area contributed by atoms with E-state index in [4.69, 9.17) is 11.5 Å². The largest absolute Gasteiger partial charge is 0.399 e. The van der Waals surface area contributed by atoms with Gasteiger partial charge in [-0.25, -0.2) is 0 Å². The van der Waals surface area contributed by atoms with Crippen LogP contribution in [0.15, 0.2) is 84.9 Å². The minimum atomic E-state index is -0.400. The maximum absolute atomic E-state index is 6.30. The first kappa shape index (κ1) is 18.5. The molecular formula is C28H26N2. The Bertz CT molecular complexity index is 1220. The van der Waals surface area contributed by atoms with Gasteiger partial charge in [0.25, 0.3) is 0 Å². The Hall–Kier alpha value is -3.52. The molecule has 0 heterocycles. The lowest BCUT2D eigenvalue weighted by Gasteiger charge is -2.34. The fourth-order valence-electron chi connectivity index (χ4n) is 5.08. The van der Waals surface area contributed by atoms with Crippen molar-refractivity contribution in [3.05, 3.63) is 118 Å². The lowest BCUT2D eigenvalue weighted by atomic mass is 9.67. The molecule has 0 atom stereocenters. The Morgan fingerprint density at radius 1 is 0.667 bits per heavy atom. The predicted octanol–water partition coefficient (Wildman–Crippen LogP) is 6.08. The SMILES string of the molecule is CCc1cc(C2(c3ccc(N)c(C)c3)c3ccccc3-c3ccccc32)ccc1N. The average molecular weight is 391 g/mol. The van der Waals surface area contributed by atoms with E-state index in [2.05, 4.69) is 92.7 Å². The molecule has 0 saturated heterocycles. The standard InChI is InChI=1S/C28H26N2/c1-3-19-17-21(13-15-27(19)30)28(20-12-14-26(29)18(2)16-20)24-10-6-4-8-22(24)23-9-5-7-11-25(23)28/h4-17H,3,29-30H2,1-2H3. The highest BCUT2D eigenvalue weighted by molar-refractivity contribution is 5.86. The molecule has 30 heavy (non-hydrogen) atoms. The summed E-state index contributed by atoms with van der Waals surface area (Å²) in [6, 6.07) is 30.5. The van der Waals surface area contributed by atoms with E-state index in [1.54, 1.807) is 0 Å². The van der Waals surface area contributed by atoms with Crippen LogP contribution < -0.4 is 11.5 Å². The van der Waals surface area contributed by atoms with E-state index in [9.17, 15) is 0 Å². The third kappa shape index (κ3) is 2.43. The Labute approximate surface area is 178 Å². The third-order valence-electron chi connectivity index (χ3n) is 6.61. The summed E-state index contributed by atoms with van der Waals surface area (Å²) in [7, 11) is 0. The molecule has 4 aromatic carbocycles. The zero-order valence-corrected chi connectivity index (χ0v) is 17.4. The van der Waals surface area contributed by atoms with Crippen LogP contribution in [0.2, 0.25) is 0 Å². The zero-order valence-electron chi connectivity index (χ0n) is 17.4. The summed E-state index contributed by atoms with van der Waals surface area (Å²) < 4.78 is 0. The van der Waals surface area contributed by atoms with E-state index in [-0.39, 0.29) is 0 Å². The van der Waals surface area contributed by atoms with Gasteiger partial charge in [0.05, 0.1) is 5.41 Å². The van der Waals surface area contributed by atoms with Crippen LogP contribution in [0.3, 0.4) is 0 Å². The first-order valence-electron chi connectivity index (χ1n) is 10.5. The Morgan fingerprint density at radius 3 is 1.77 bits per heavy atom. The number of fused-ring (bicyclic) bond motifs is 3. The van der Waals surface area contributed by atoms with Crippen molar-refractivity contribution in [1.29, 1.82) is 0 Å². The molecule has 4 N–H and O–H groups in total. The van der Waals surface area contributed by atoms with E-state index in [0.29, 0.717) is 0 Å². The molecule has 148 valence electrons. The molecular weight excluding hydrogens is 364 g/mol. The van der Waals surface area contributed by atoms with Gasteiger partial charge in [-0.2, -0.15) is 0 Å². The number of anilines is 2. The maximum Gasteiger partial charge on any atom is 0.0713 e. The van der Waals surface area contributed by atoms with Crippen LogP contribution in [0.1, 0.15) is 40.3 Å². The number of hydrogen-bond donors (Lipinski definition) is 2. The summed E-state index contributed by atoms with van der Waals surface area (Å²) in [6.45, 7) is 4.24. The van der Waals surface area contributed by atoms with Crippen molar-refractivity contribution in [3.63, 3.8) is 0 Å². The lowest BCUT2D eigenvalue weighted by molar-refractivity contribution is 0.765. The fraction of sp³-hybridized carbons (Fsp3) is 0.143. The smallest absolute Gasteiger partial charge is 0.0713 e. The second-order valence-corrected chi connectivity index (χ2v) is 8.18. The number of benzene rings is 4. The Balaban J connectivity index is 1.95. The van der Waals surface area contributed by atoms with Crippen LogP contribution in [0.5, 0.6) is 0 Å². The zero-order chi connectivity index (χ0) is 20.9. The van der Waals surface area contributed by atoms with Gasteiger partial charge in [-0.3, -0.25) is 0 Å². The van der Waals surface area contributed by atoms with E-state index in [1.807, 2.05) is 6.07 Å². The summed E-state index contributed by atoms with van der Waals surface area (Å²) in [5, 5.41) is 0. The van der Waals surface area contributed by atoms with E-state index in [1.165, 1.54) is 38.9 Å². The molecule has 0 aliphatic heterocycles. The lowest BCUT2D eigenvalue weighted by Crippen LogP contribution is -2.29. The topological polar surface area (TPSA) is 52.0 Å². The Kier molecular flexibility index (Phi) is 4.18. The summed E-state index contributed by atoms with van der Waals surface area (Å²) in [5.41, 5.74) is 23.7. The van der Waals surface area contributed by atoms with Crippen LogP contribution in [-0.2, 0) is 11.8 Å². The molecule has 0 saturated carbocycles. The quantitative estimate of drug-likeness (QED) is 0.367. The van der Waals surface area contributed by atoms with Crippen LogP contribution in [0.25, 0.3) is 11.1 Å². The molecule has 2 heteroatoms. The van der Waals surface area contributed by atoms with Crippen LogP contribution in [-0.4, -0.2) is 0 Å². The van der Waals surface area contributed by atoms with E-state index < -0.39 is 5.41 Å². The third-order valence-corrected chi connectivity index (χ3v) is 6.61. The first-order valence-corrected chi connectivity index (χ1v) is 10.5. The van der Waals surface area contributed by atoms with Crippen molar-refractivity contribution in [2.75, 3.05) is 11.5 Å². The van der Waals surface area contributed by atoms with Crippen molar-refractivity contribution in [3.8, 4) is 11.1 Å². The first-order chi connectivity index (χ1) is 14.6. The van der Waals surface area contributed by atoms with Gasteiger partial charge in [-0.15, -0.1) is 0 Å². The number of nitrogen functional groups attached to an aromatic ring is 2. The minimum absolute atomic E-state index is 0.400. The highest BCUT2D eigenvalue weighted by Crippen LogP contribution is 2.56. The van der Waals surface area contributed by atoms with Crippen LogP contribution >= 0.6 is 0 Å². The van der Waals surface area contributed by atoms with Crippen LogP contribution in [0, 0.1) is 6.92 Å². The number of hydrogen-bond acceptors (Lipinski definition) is 2. The molecule has 1 aliphatic carbocycles. The van der Waals surface area contributed by atoms with Gasteiger partial charge in [0.15, 0.2) is 0 Å². The second kappa shape index (κ2) is 6.77. The Morgan fingerprint density at radius 2 is 1.20 bits per heavy atom. The van der Waals surface area contributed by atoms with Gasteiger partial charge in [-0.05, 0) is 70.0 Å². The van der Waals surface area contributed by atoms with Gasteiger partial charge < -0.3 is 11.5 Å². The highest BCUT2D eigenvalue weighted by Gasteiger charge is 2.46. The molecule has 2 nitrogen and oxygen atoms in total. The summed E-state index contributed by atoms with van der Waals surface area (Å²) in [5.74, 6) is 0. The second-order valence-electron chi connectivity index (χ2n) is 8.18. The summed E-state index contributed by atoms with van der Waals surface area (Å²) in [4.78, 5) is 0. The molecule has 4 aromatic rings. The molecule has 0 aromatic heterocycles. The van der Waals surface area contributed by atoms with Crippen molar-refractivity contribution in [1.82, 2.24) is 0 Å². The van der Waals surface area contributed by atoms with Gasteiger partial charge in [0.2, 0.25) is 0 Å². The van der Waals surface area contributed by atoms with Gasteiger partial charge >= 0.3 is 0 Å². The highest BCUT2D eigenvalue weighted by atomic mass is 14.6. The summed E-state index contributed by atoms with van der Waals surface area (Å²) in [6.07, 6.45) is 0.903. The minimum Gasteiger partial charge on any atom is -0.399 e. The number of rotatable bonds is 3. The van der Waals surface area contributed by atoms with Crippen molar-refractivity contribution in [2.45, 2.75) is 25.7 Å². The number of nitrogens with two attached hydrogens (primary N) is 2. The monoisotopic (exact) mass is 390 g/mol. The molecule has 0 fully saturated rings. The average Bonchev–Trinajstić information content (AvgIpc) is 3.08. The van der Waals surface area contributed by atoms with Crippen LogP contribution in [0.4, 0.5) is 11.4 Å². The molecule has 5 rings (SSSR count). The molecule has 0 unspecified atom stereocenters. The van der Waals surface area contributed by atoms with E-state index in [0.717, 1.165) is 23.4 Å². The number of aryl methyl sites for hydroxylation is 2.